The van der Waals surface area contributed by atoms with Gasteiger partial charge in [0.2, 0.25) is 0 Å². The third kappa shape index (κ3) is 5.22. The maximum atomic E-state index is 13.8. The van der Waals surface area contributed by atoms with Gasteiger partial charge in [0.25, 0.3) is 5.56 Å². The quantitative estimate of drug-likeness (QED) is 0.251. The van der Waals surface area contributed by atoms with Gasteiger partial charge in [-0.2, -0.15) is 4.68 Å². The topological polar surface area (TPSA) is 121 Å². The zero-order chi connectivity index (χ0) is 29.1. The second-order valence-electron chi connectivity index (χ2n) is 10.1. The highest BCUT2D eigenvalue weighted by Crippen LogP contribution is 2.27. The first-order valence-corrected chi connectivity index (χ1v) is 13.8. The van der Waals surface area contributed by atoms with Gasteiger partial charge in [0, 0.05) is 24.7 Å². The zero-order valence-corrected chi connectivity index (χ0v) is 23.1. The third-order valence-corrected chi connectivity index (χ3v) is 7.40. The maximum absolute atomic E-state index is 13.8. The molecule has 0 aliphatic heterocycles. The molecule has 3 aromatic carbocycles. The van der Waals surface area contributed by atoms with E-state index >= 15 is 0 Å². The van der Waals surface area contributed by atoms with Gasteiger partial charge >= 0.3 is 5.97 Å². The molecule has 0 unspecified atom stereocenters. The molecule has 0 radical (unpaired) electrons. The molecule has 3 heterocycles. The molecule has 10 nitrogen and oxygen atoms in total. The number of aromatic nitrogens is 7. The Bertz CT molecular complexity index is 1920. The number of carboxylic acid groups (broad SMARTS) is 1. The number of fused-ring (bicyclic) bond motifs is 1. The standard InChI is InChI=1S/C32H29N7O3/c1-2-3-12-29-34-27-17-18-37(20-24-8-4-5-10-26(24)32(41)42)31(40)30(27)38(29)19-22-13-15-23(16-14-22)25-9-6-7-11-28(25)39-21-33-35-36-39/h4-11,13-18,21H,2-3,12,19-20H2,1H3,(H,41,42). The Balaban J connectivity index is 1.37. The van der Waals surface area contributed by atoms with Crippen LogP contribution >= 0.6 is 0 Å². The van der Waals surface area contributed by atoms with Crippen molar-refractivity contribution >= 4 is 17.0 Å². The van der Waals surface area contributed by atoms with Crippen LogP contribution in [-0.2, 0) is 19.5 Å². The van der Waals surface area contributed by atoms with E-state index in [1.807, 2.05) is 34.9 Å². The molecule has 0 saturated carbocycles. The van der Waals surface area contributed by atoms with Crippen molar-refractivity contribution in [2.24, 2.45) is 0 Å². The lowest BCUT2D eigenvalue weighted by Gasteiger charge is -2.13. The average Bonchev–Trinajstić information content (AvgIpc) is 3.67. The highest BCUT2D eigenvalue weighted by Gasteiger charge is 2.17. The van der Waals surface area contributed by atoms with Crippen molar-refractivity contribution in [1.82, 2.24) is 34.3 Å². The Hall–Kier alpha value is -5.38. The number of aromatic carboxylic acids is 1. The molecule has 0 bridgehead atoms. The fourth-order valence-corrected chi connectivity index (χ4v) is 5.26. The van der Waals surface area contributed by atoms with Crippen LogP contribution in [0.4, 0.5) is 0 Å². The number of hydrogen-bond donors (Lipinski definition) is 1. The van der Waals surface area contributed by atoms with Crippen LogP contribution in [0.3, 0.4) is 0 Å². The van der Waals surface area contributed by atoms with Crippen LogP contribution in [0.5, 0.6) is 0 Å². The van der Waals surface area contributed by atoms with Crippen LogP contribution in [-0.4, -0.2) is 45.4 Å². The molecule has 210 valence electrons. The lowest BCUT2D eigenvalue weighted by Crippen LogP contribution is -2.23. The minimum atomic E-state index is -1.02. The monoisotopic (exact) mass is 559 g/mol. The van der Waals surface area contributed by atoms with Gasteiger partial charge in [-0.15, -0.1) is 5.10 Å². The first-order chi connectivity index (χ1) is 20.5. The second kappa shape index (κ2) is 11.6. The number of tetrazole rings is 1. The first kappa shape index (κ1) is 26.8. The fourth-order valence-electron chi connectivity index (χ4n) is 5.26. The molecule has 0 atom stereocenters. The van der Waals surface area contributed by atoms with Crippen molar-refractivity contribution in [1.29, 1.82) is 0 Å². The number of hydrogen-bond acceptors (Lipinski definition) is 6. The molecule has 0 fully saturated rings. The van der Waals surface area contributed by atoms with Gasteiger partial charge in [0.1, 0.15) is 17.7 Å². The Morgan fingerprint density at radius 2 is 1.71 bits per heavy atom. The average molecular weight is 560 g/mol. The van der Waals surface area contributed by atoms with Crippen molar-refractivity contribution in [3.05, 3.63) is 124 Å². The van der Waals surface area contributed by atoms with E-state index in [1.54, 1.807) is 46.0 Å². The molecule has 1 N–H and O–H groups in total. The Kier molecular flexibility index (Phi) is 7.42. The minimum absolute atomic E-state index is 0.155. The molecule has 0 aliphatic rings. The Morgan fingerprint density at radius 3 is 2.48 bits per heavy atom. The first-order valence-electron chi connectivity index (χ1n) is 13.8. The molecule has 6 aromatic rings. The number of imidazole rings is 1. The van der Waals surface area contributed by atoms with Gasteiger partial charge in [-0.3, -0.25) is 4.79 Å². The molecule has 0 amide bonds. The van der Waals surface area contributed by atoms with E-state index < -0.39 is 5.97 Å². The summed E-state index contributed by atoms with van der Waals surface area (Å²) in [6.07, 6.45) is 5.98. The number of para-hydroxylation sites is 1. The van der Waals surface area contributed by atoms with Crippen LogP contribution < -0.4 is 5.56 Å². The van der Waals surface area contributed by atoms with Gasteiger partial charge in [-0.05, 0) is 51.7 Å². The predicted octanol–water partition coefficient (Wildman–Crippen LogP) is 4.98. The number of aryl methyl sites for hydroxylation is 1. The van der Waals surface area contributed by atoms with Crippen LogP contribution in [0.1, 0.15) is 47.1 Å². The van der Waals surface area contributed by atoms with E-state index in [2.05, 4.69) is 46.7 Å². The number of carboxylic acids is 1. The van der Waals surface area contributed by atoms with Crippen molar-refractivity contribution in [2.45, 2.75) is 39.3 Å². The molecule has 0 aliphatic carbocycles. The van der Waals surface area contributed by atoms with E-state index in [-0.39, 0.29) is 17.7 Å². The van der Waals surface area contributed by atoms with Crippen LogP contribution in [0.25, 0.3) is 27.8 Å². The summed E-state index contributed by atoms with van der Waals surface area (Å²) in [5, 5.41) is 21.2. The van der Waals surface area contributed by atoms with Gasteiger partial charge in [-0.1, -0.05) is 74.0 Å². The molecule has 0 saturated heterocycles. The zero-order valence-electron chi connectivity index (χ0n) is 23.1. The van der Waals surface area contributed by atoms with E-state index in [9.17, 15) is 14.7 Å². The smallest absolute Gasteiger partial charge is 0.336 e. The van der Waals surface area contributed by atoms with Crippen molar-refractivity contribution in [3.63, 3.8) is 0 Å². The summed E-state index contributed by atoms with van der Waals surface area (Å²) in [6.45, 7) is 2.77. The van der Waals surface area contributed by atoms with Crippen LogP contribution in [0.2, 0.25) is 0 Å². The second-order valence-corrected chi connectivity index (χ2v) is 10.1. The number of carbonyl (C=O) groups is 1. The summed E-state index contributed by atoms with van der Waals surface area (Å²) in [6, 6.07) is 24.8. The molecule has 10 heteroatoms. The van der Waals surface area contributed by atoms with Gasteiger partial charge in [0.15, 0.2) is 0 Å². The van der Waals surface area contributed by atoms with Gasteiger partial charge in [-0.25, -0.2) is 9.78 Å². The summed E-state index contributed by atoms with van der Waals surface area (Å²) in [5.74, 6) is -0.156. The highest BCUT2D eigenvalue weighted by molar-refractivity contribution is 5.89. The number of nitrogens with zero attached hydrogens (tertiary/aromatic N) is 7. The lowest BCUT2D eigenvalue weighted by molar-refractivity contribution is 0.0695. The van der Waals surface area contributed by atoms with Crippen molar-refractivity contribution < 1.29 is 9.90 Å². The SMILES string of the molecule is CCCCc1nc2ccn(Cc3ccccc3C(=O)O)c(=O)c2n1Cc1ccc(-c2ccccc2-n2cnnn2)cc1. The third-order valence-electron chi connectivity index (χ3n) is 7.40. The van der Waals surface area contributed by atoms with Gasteiger partial charge in [0.05, 0.1) is 23.3 Å². The maximum Gasteiger partial charge on any atom is 0.336 e. The number of unbranched alkanes of at least 4 members (excludes halogenated alkanes) is 1. The number of benzene rings is 3. The molecule has 6 rings (SSSR count). The molecular formula is C32H29N7O3. The van der Waals surface area contributed by atoms with E-state index in [0.29, 0.717) is 23.1 Å². The summed E-state index contributed by atoms with van der Waals surface area (Å²) in [5.41, 5.74) is 5.64. The van der Waals surface area contributed by atoms with Gasteiger partial charge < -0.3 is 14.2 Å². The van der Waals surface area contributed by atoms with E-state index in [1.165, 1.54) is 0 Å². The van der Waals surface area contributed by atoms with Crippen LogP contribution in [0.15, 0.2) is 96.2 Å². The predicted molar refractivity (Wildman–Crippen MR) is 159 cm³/mol. The van der Waals surface area contributed by atoms with E-state index in [0.717, 1.165) is 47.5 Å². The molecular weight excluding hydrogens is 530 g/mol. The van der Waals surface area contributed by atoms with Crippen LogP contribution in [0, 0.1) is 0 Å². The fraction of sp³-hybridized carbons (Fsp3) is 0.188. The highest BCUT2D eigenvalue weighted by atomic mass is 16.4. The number of rotatable bonds is 10. The van der Waals surface area contributed by atoms with Crippen molar-refractivity contribution in [2.75, 3.05) is 0 Å². The summed E-state index contributed by atoms with van der Waals surface area (Å²) in [7, 11) is 0. The minimum Gasteiger partial charge on any atom is -0.478 e. The number of pyridine rings is 1. The van der Waals surface area contributed by atoms with E-state index in [4.69, 9.17) is 4.98 Å². The summed E-state index contributed by atoms with van der Waals surface area (Å²) in [4.78, 5) is 30.4. The molecule has 0 spiro atoms. The lowest BCUT2D eigenvalue weighted by atomic mass is 10.0. The summed E-state index contributed by atoms with van der Waals surface area (Å²) < 4.78 is 5.21. The molecule has 42 heavy (non-hydrogen) atoms. The van der Waals surface area contributed by atoms with Crippen molar-refractivity contribution in [3.8, 4) is 16.8 Å². The Morgan fingerprint density at radius 1 is 0.929 bits per heavy atom. The largest absolute Gasteiger partial charge is 0.478 e. The summed E-state index contributed by atoms with van der Waals surface area (Å²) >= 11 is 0. The Labute approximate surface area is 241 Å². The normalized spacial score (nSPS) is 11.3. The molecule has 3 aromatic heterocycles.